The summed E-state index contributed by atoms with van der Waals surface area (Å²) in [6.45, 7) is 2.38. The van der Waals surface area contributed by atoms with Crippen LogP contribution in [0.1, 0.15) is 40.4 Å². The van der Waals surface area contributed by atoms with E-state index in [1.54, 1.807) is 0 Å². The largest absolute Gasteiger partial charge is 0.475 e. The molecule has 2 rings (SSSR count). The summed E-state index contributed by atoms with van der Waals surface area (Å²) in [4.78, 5) is 22.3. The van der Waals surface area contributed by atoms with Gasteiger partial charge in [0, 0.05) is 19.8 Å². The van der Waals surface area contributed by atoms with Crippen molar-refractivity contribution in [1.82, 2.24) is 5.32 Å². The van der Waals surface area contributed by atoms with Crippen molar-refractivity contribution >= 4 is 11.9 Å². The van der Waals surface area contributed by atoms with E-state index in [4.69, 9.17) is 19.0 Å². The first-order valence-electron chi connectivity index (χ1n) is 6.97. The zero-order valence-corrected chi connectivity index (χ0v) is 11.7. The van der Waals surface area contributed by atoms with Gasteiger partial charge in [0.15, 0.2) is 5.76 Å². The highest BCUT2D eigenvalue weighted by molar-refractivity contribution is 5.93. The van der Waals surface area contributed by atoms with E-state index in [9.17, 15) is 9.59 Å². The molecule has 2 N–H and O–H groups in total. The molecule has 1 amide bonds. The van der Waals surface area contributed by atoms with Crippen molar-refractivity contribution in [2.45, 2.75) is 25.4 Å². The highest BCUT2D eigenvalue weighted by Gasteiger charge is 2.16. The Bertz CT molecular complexity index is 478. The maximum absolute atomic E-state index is 11.7. The first-order valence-corrected chi connectivity index (χ1v) is 6.97. The van der Waals surface area contributed by atoms with Crippen LogP contribution in [-0.2, 0) is 9.47 Å². The SMILES string of the molecule is O=C(O)c1ccc(C(=O)NCCCOCC2CCCO2)o1. The Balaban J connectivity index is 1.57. The fourth-order valence-corrected chi connectivity index (χ4v) is 2.03. The molecule has 0 aliphatic carbocycles. The summed E-state index contributed by atoms with van der Waals surface area (Å²) in [5.74, 6) is -1.88. The molecule has 1 unspecified atom stereocenters. The summed E-state index contributed by atoms with van der Waals surface area (Å²) < 4.78 is 15.8. The summed E-state index contributed by atoms with van der Waals surface area (Å²) in [5, 5.41) is 11.3. The van der Waals surface area contributed by atoms with E-state index in [1.165, 1.54) is 12.1 Å². The van der Waals surface area contributed by atoms with Gasteiger partial charge in [0.25, 0.3) is 5.91 Å². The van der Waals surface area contributed by atoms with Crippen molar-refractivity contribution in [1.29, 1.82) is 0 Å². The van der Waals surface area contributed by atoms with E-state index in [-0.39, 0.29) is 17.6 Å². The fraction of sp³-hybridized carbons (Fsp3) is 0.571. The number of ether oxygens (including phenoxy) is 2. The van der Waals surface area contributed by atoms with Gasteiger partial charge in [-0.15, -0.1) is 0 Å². The van der Waals surface area contributed by atoms with E-state index in [0.29, 0.717) is 26.2 Å². The van der Waals surface area contributed by atoms with E-state index >= 15 is 0 Å². The molecule has 0 radical (unpaired) electrons. The zero-order valence-electron chi connectivity index (χ0n) is 11.7. The van der Waals surface area contributed by atoms with Crippen LogP contribution in [0, 0.1) is 0 Å². The third-order valence-corrected chi connectivity index (χ3v) is 3.12. The molecule has 0 aromatic carbocycles. The van der Waals surface area contributed by atoms with E-state index in [0.717, 1.165) is 19.4 Å². The van der Waals surface area contributed by atoms with Crippen LogP contribution in [0.25, 0.3) is 0 Å². The van der Waals surface area contributed by atoms with E-state index < -0.39 is 11.9 Å². The van der Waals surface area contributed by atoms with Gasteiger partial charge in [-0.2, -0.15) is 0 Å². The monoisotopic (exact) mass is 297 g/mol. The van der Waals surface area contributed by atoms with Crippen molar-refractivity contribution in [3.8, 4) is 0 Å². The first-order chi connectivity index (χ1) is 10.2. The van der Waals surface area contributed by atoms with Crippen LogP contribution in [0.3, 0.4) is 0 Å². The number of furan rings is 1. The van der Waals surface area contributed by atoms with Crippen LogP contribution in [0.2, 0.25) is 0 Å². The predicted molar refractivity (Wildman–Crippen MR) is 72.4 cm³/mol. The minimum absolute atomic E-state index is 0.00678. The minimum Gasteiger partial charge on any atom is -0.475 e. The Morgan fingerprint density at radius 3 is 2.86 bits per heavy atom. The molecule has 2 heterocycles. The number of amides is 1. The smallest absolute Gasteiger partial charge is 0.371 e. The highest BCUT2D eigenvalue weighted by Crippen LogP contribution is 2.12. The second-order valence-corrected chi connectivity index (χ2v) is 4.79. The van der Waals surface area contributed by atoms with Gasteiger partial charge in [-0.25, -0.2) is 4.79 Å². The Morgan fingerprint density at radius 2 is 2.19 bits per heavy atom. The number of hydrogen-bond acceptors (Lipinski definition) is 5. The number of nitrogens with one attached hydrogen (secondary N) is 1. The Kier molecular flexibility index (Phi) is 5.77. The van der Waals surface area contributed by atoms with Crippen LogP contribution in [0.15, 0.2) is 16.5 Å². The molecule has 0 bridgehead atoms. The van der Waals surface area contributed by atoms with Gasteiger partial charge in [-0.1, -0.05) is 0 Å². The third-order valence-electron chi connectivity index (χ3n) is 3.12. The molecular weight excluding hydrogens is 278 g/mol. The third kappa shape index (κ3) is 4.87. The van der Waals surface area contributed by atoms with Crippen molar-refractivity contribution in [3.05, 3.63) is 23.7 Å². The van der Waals surface area contributed by atoms with E-state index in [2.05, 4.69) is 5.32 Å². The lowest BCUT2D eigenvalue weighted by Crippen LogP contribution is -2.25. The van der Waals surface area contributed by atoms with Crippen LogP contribution in [0.5, 0.6) is 0 Å². The standard InChI is InChI=1S/C14H19NO6/c16-13(11-4-5-12(21-11)14(17)18)15-6-2-7-19-9-10-3-1-8-20-10/h4-5,10H,1-3,6-9H2,(H,15,16)(H,17,18). The Hall–Kier alpha value is -1.86. The van der Waals surface area contributed by atoms with Crippen molar-refractivity contribution in [3.63, 3.8) is 0 Å². The van der Waals surface area contributed by atoms with Crippen molar-refractivity contribution in [2.75, 3.05) is 26.4 Å². The van der Waals surface area contributed by atoms with Crippen LogP contribution < -0.4 is 5.32 Å². The average molecular weight is 297 g/mol. The molecule has 1 aliphatic heterocycles. The van der Waals surface area contributed by atoms with Gasteiger partial charge < -0.3 is 24.3 Å². The summed E-state index contributed by atoms with van der Waals surface area (Å²) in [6.07, 6.45) is 3.01. The molecular formula is C14H19NO6. The maximum atomic E-state index is 11.7. The second-order valence-electron chi connectivity index (χ2n) is 4.79. The highest BCUT2D eigenvalue weighted by atomic mass is 16.5. The molecule has 1 fully saturated rings. The number of aromatic carboxylic acids is 1. The normalized spacial score (nSPS) is 17.8. The summed E-state index contributed by atoms with van der Waals surface area (Å²) in [7, 11) is 0. The molecule has 1 atom stereocenters. The van der Waals surface area contributed by atoms with Crippen molar-refractivity contribution in [2.24, 2.45) is 0 Å². The molecule has 0 spiro atoms. The van der Waals surface area contributed by atoms with E-state index in [1.807, 2.05) is 0 Å². The number of carbonyl (C=O) groups is 2. The van der Waals surface area contributed by atoms with Crippen molar-refractivity contribution < 1.29 is 28.6 Å². The number of carboxylic acids is 1. The van der Waals surface area contributed by atoms with Gasteiger partial charge in [0.1, 0.15) is 0 Å². The molecule has 0 saturated carbocycles. The van der Waals surface area contributed by atoms with Gasteiger partial charge in [-0.3, -0.25) is 4.79 Å². The van der Waals surface area contributed by atoms with Crippen LogP contribution in [-0.4, -0.2) is 49.5 Å². The quantitative estimate of drug-likeness (QED) is 0.702. The average Bonchev–Trinajstić information content (AvgIpc) is 3.13. The maximum Gasteiger partial charge on any atom is 0.371 e. The zero-order chi connectivity index (χ0) is 15.1. The van der Waals surface area contributed by atoms with Gasteiger partial charge in [0.2, 0.25) is 5.76 Å². The predicted octanol–water partition coefficient (Wildman–Crippen LogP) is 1.29. The molecule has 7 nitrogen and oxygen atoms in total. The first kappa shape index (κ1) is 15.5. The molecule has 1 aromatic heterocycles. The molecule has 116 valence electrons. The number of rotatable bonds is 8. The van der Waals surface area contributed by atoms with Gasteiger partial charge >= 0.3 is 5.97 Å². The lowest BCUT2D eigenvalue weighted by atomic mass is 10.2. The number of carbonyl (C=O) groups excluding carboxylic acids is 1. The molecule has 1 saturated heterocycles. The molecule has 21 heavy (non-hydrogen) atoms. The number of hydrogen-bond donors (Lipinski definition) is 2. The minimum atomic E-state index is -1.20. The fourth-order valence-electron chi connectivity index (χ4n) is 2.03. The van der Waals surface area contributed by atoms with Gasteiger partial charge in [-0.05, 0) is 31.4 Å². The summed E-state index contributed by atoms with van der Waals surface area (Å²) >= 11 is 0. The topological polar surface area (TPSA) is 98.0 Å². The molecule has 1 aromatic rings. The molecule has 1 aliphatic rings. The molecule has 7 heteroatoms. The Morgan fingerprint density at radius 1 is 1.38 bits per heavy atom. The second kappa shape index (κ2) is 7.80. The summed E-state index contributed by atoms with van der Waals surface area (Å²) in [5.41, 5.74) is 0. The number of carboxylic acid groups (broad SMARTS) is 1. The van der Waals surface area contributed by atoms with Crippen LogP contribution in [0.4, 0.5) is 0 Å². The van der Waals surface area contributed by atoms with Gasteiger partial charge in [0.05, 0.1) is 12.7 Å². The summed E-state index contributed by atoms with van der Waals surface area (Å²) in [6, 6.07) is 2.59. The Labute approximate surface area is 122 Å². The lowest BCUT2D eigenvalue weighted by Gasteiger charge is -2.10. The lowest BCUT2D eigenvalue weighted by molar-refractivity contribution is 0.0166. The van der Waals surface area contributed by atoms with Crippen LogP contribution >= 0.6 is 0 Å².